The highest BCUT2D eigenvalue weighted by molar-refractivity contribution is 7.55. The lowest BCUT2D eigenvalue weighted by Crippen LogP contribution is -3.00. The monoisotopic (exact) mass is 1250 g/mol. The molecule has 1 unspecified atom stereocenters. The third-order valence-electron chi connectivity index (χ3n) is 15.6. The van der Waals surface area contributed by atoms with Gasteiger partial charge in [-0.25, -0.2) is 18.9 Å². The van der Waals surface area contributed by atoms with Gasteiger partial charge >= 0.3 is 13.7 Å². The van der Waals surface area contributed by atoms with Crippen molar-refractivity contribution in [3.8, 4) is 33.9 Å². The Morgan fingerprint density at radius 3 is 2.07 bits per heavy atom. The zero-order valence-electron chi connectivity index (χ0n) is 51.2. The molecule has 0 spiro atoms. The van der Waals surface area contributed by atoms with E-state index in [9.17, 15) is 18.9 Å². The van der Waals surface area contributed by atoms with Crippen molar-refractivity contribution in [1.29, 1.82) is 0 Å². The van der Waals surface area contributed by atoms with Crippen LogP contribution in [-0.4, -0.2) is 120 Å². The molecule has 3 amide bonds. The van der Waals surface area contributed by atoms with Crippen molar-refractivity contribution in [3.05, 3.63) is 174 Å². The highest BCUT2D eigenvalue weighted by atomic mass is 35.5. The molecule has 0 radical (unpaired) electrons. The Morgan fingerprint density at radius 2 is 1.39 bits per heavy atom. The number of amides is 3. The fourth-order valence-corrected chi connectivity index (χ4v) is 12.8. The molecule has 470 valence electrons. The number of anilines is 1. The van der Waals surface area contributed by atoms with E-state index >= 15 is 0 Å². The molecule has 89 heavy (non-hydrogen) atoms. The highest BCUT2D eigenvalue weighted by Crippen LogP contribution is 2.53. The highest BCUT2D eigenvalue weighted by Gasteiger charge is 2.41. The van der Waals surface area contributed by atoms with Gasteiger partial charge in [0, 0.05) is 98.6 Å². The first kappa shape index (κ1) is 66.2. The summed E-state index contributed by atoms with van der Waals surface area (Å²) < 4.78 is 49.1. The number of nitrogens with zero attached hydrogens (tertiary/aromatic N) is 8. The van der Waals surface area contributed by atoms with Crippen LogP contribution in [0.15, 0.2) is 161 Å². The van der Waals surface area contributed by atoms with Gasteiger partial charge in [-0.15, -0.1) is 5.10 Å². The maximum Gasteiger partial charge on any atom is 0.453 e. The molecular weight excluding hydrogens is 1170 g/mol. The lowest BCUT2D eigenvalue weighted by atomic mass is 9.90. The van der Waals surface area contributed by atoms with Gasteiger partial charge < -0.3 is 66.8 Å². The summed E-state index contributed by atoms with van der Waals surface area (Å²) in [5, 5.41) is 13.3. The number of rotatable bonds is 29. The number of piperazine rings is 1. The predicted octanol–water partition coefficient (Wildman–Crippen LogP) is 7.85. The van der Waals surface area contributed by atoms with Crippen LogP contribution < -0.4 is 53.1 Å². The van der Waals surface area contributed by atoms with Crippen LogP contribution in [0.3, 0.4) is 0 Å². The number of carbonyl (C=O) groups excluding carboxylic acids is 3. The Balaban J connectivity index is 0.0000102. The summed E-state index contributed by atoms with van der Waals surface area (Å²) in [4.78, 5) is 51.5. The van der Waals surface area contributed by atoms with Crippen molar-refractivity contribution in [1.82, 2.24) is 34.7 Å². The first-order chi connectivity index (χ1) is 42.8. The van der Waals surface area contributed by atoms with Crippen LogP contribution in [0.25, 0.3) is 33.4 Å². The number of ether oxygens (including phenoxy) is 2. The molecular formula is C67H81ClN11O9P. The Bertz CT molecular complexity index is 3670. The molecule has 22 heteroatoms. The standard InChI is InChI=1S/C67H80N11O9P.ClH/c1-5-74(6-2)52-33-35-58-60(45-52)85-61-46-53(75(7-3)8-4)34-36-59(61)64(58)56-26-19-20-27-57(56)65(80)77-40-38-76(39-41-77)63(79)28-18-10-9-11-21-37-78-47-51(72-73-78)48-83-42-43-84-67(81)71-62(44-49-29-31-50(32-30-49)70-66(68)69)88(82,86-54-22-14-12-15-23-54)87-55-24-16-13-17-25-55;/h12-17,19-20,22-27,29-36,45-47,62H,5-11,18,21,28,37-44,48H2,1-4H3,(H4-,68,69,70,71,81);1H. The number of guanidine groups is 1. The van der Waals surface area contributed by atoms with Gasteiger partial charge in [-0.05, 0) is 112 Å². The third kappa shape index (κ3) is 17.8. The summed E-state index contributed by atoms with van der Waals surface area (Å²) in [6.45, 7) is 14.8. The molecule has 5 N–H and O–H groups in total. The lowest BCUT2D eigenvalue weighted by molar-refractivity contribution is -0.132. The van der Waals surface area contributed by atoms with Crippen LogP contribution in [0.2, 0.25) is 0 Å². The minimum Gasteiger partial charge on any atom is -1.00 e. The van der Waals surface area contributed by atoms with Gasteiger partial charge in [-0.1, -0.05) is 91.2 Å². The molecule has 1 atom stereocenters. The zero-order valence-corrected chi connectivity index (χ0v) is 52.8. The number of alkyl carbamates (subject to hydrolysis) is 1. The minimum absolute atomic E-state index is 0. The van der Waals surface area contributed by atoms with Crippen LogP contribution in [0.5, 0.6) is 11.5 Å². The van der Waals surface area contributed by atoms with Crippen LogP contribution in [0.1, 0.15) is 87.8 Å². The summed E-state index contributed by atoms with van der Waals surface area (Å²) in [5.41, 5.74) is 18.2. The van der Waals surface area contributed by atoms with E-state index in [0.717, 1.165) is 103 Å². The number of nitrogens with one attached hydrogen (secondary N) is 1. The quantitative estimate of drug-likeness (QED) is 0.0101. The normalized spacial score (nSPS) is 12.7. The van der Waals surface area contributed by atoms with E-state index < -0.39 is 19.5 Å². The van der Waals surface area contributed by atoms with Gasteiger partial charge in [-0.2, -0.15) is 0 Å². The van der Waals surface area contributed by atoms with E-state index in [0.29, 0.717) is 61.7 Å². The Morgan fingerprint density at radius 1 is 0.742 bits per heavy atom. The maximum absolute atomic E-state index is 14.9. The number of hydrogen-bond acceptors (Lipinski definition) is 13. The molecule has 20 nitrogen and oxygen atoms in total. The molecule has 1 aromatic heterocycles. The predicted molar refractivity (Wildman–Crippen MR) is 344 cm³/mol. The largest absolute Gasteiger partial charge is 1.00 e. The van der Waals surface area contributed by atoms with Crippen molar-refractivity contribution < 1.29 is 54.3 Å². The molecule has 0 bridgehead atoms. The number of aryl methyl sites for hydroxylation is 1. The van der Waals surface area contributed by atoms with Crippen molar-refractivity contribution in [2.24, 2.45) is 16.5 Å². The smallest absolute Gasteiger partial charge is 0.453 e. The van der Waals surface area contributed by atoms with E-state index in [2.05, 4.69) is 94.2 Å². The Kier molecular flexibility index (Phi) is 24.2. The second kappa shape index (κ2) is 32.5. The summed E-state index contributed by atoms with van der Waals surface area (Å²) in [7, 11) is -4.22. The molecule has 1 aliphatic carbocycles. The number of carbonyl (C=O) groups is 3. The molecule has 1 fully saturated rings. The topological polar surface area (TPSA) is 238 Å². The first-order valence-corrected chi connectivity index (χ1v) is 32.1. The van der Waals surface area contributed by atoms with Gasteiger partial charge in [0.15, 0.2) is 11.7 Å². The number of para-hydroxylation sites is 2. The molecule has 3 heterocycles. The lowest BCUT2D eigenvalue weighted by Gasteiger charge is -2.35. The van der Waals surface area contributed by atoms with E-state index in [-0.39, 0.29) is 67.9 Å². The number of aliphatic imine (C=N–C) groups is 1. The number of unbranched alkanes of at least 4 members (excludes halogenated alkanes) is 4. The molecule has 6 aromatic rings. The fraction of sp³-hybridized carbons (Fsp3) is 0.358. The summed E-state index contributed by atoms with van der Waals surface area (Å²) >= 11 is 0. The first-order valence-electron chi connectivity index (χ1n) is 30.5. The van der Waals surface area contributed by atoms with Gasteiger partial charge in [0.2, 0.25) is 11.3 Å². The van der Waals surface area contributed by atoms with E-state index in [1.807, 2.05) is 40.3 Å². The molecule has 3 aliphatic rings. The van der Waals surface area contributed by atoms with Gasteiger partial charge in [0.1, 0.15) is 48.2 Å². The average molecular weight is 1250 g/mol. The van der Waals surface area contributed by atoms with Crippen molar-refractivity contribution in [3.63, 3.8) is 0 Å². The average Bonchev–Trinajstić information content (AvgIpc) is 1.18. The number of halogens is 1. The fourth-order valence-electron chi connectivity index (χ4n) is 11.0. The number of benzene rings is 6. The van der Waals surface area contributed by atoms with Crippen molar-refractivity contribution in [2.45, 2.75) is 91.6 Å². The van der Waals surface area contributed by atoms with Crippen LogP contribution in [0.4, 0.5) is 16.2 Å². The van der Waals surface area contributed by atoms with E-state index in [4.69, 9.17) is 34.4 Å². The minimum atomic E-state index is -4.22. The van der Waals surface area contributed by atoms with E-state index in [1.165, 1.54) is 0 Å². The Hall–Kier alpha value is -8.71. The molecule has 1 saturated heterocycles. The number of hydrogen-bond donors (Lipinski definition) is 3. The van der Waals surface area contributed by atoms with Crippen LogP contribution in [0, 0.1) is 0 Å². The van der Waals surface area contributed by atoms with Gasteiger partial charge in [0.05, 0.1) is 31.2 Å². The number of nitrogens with two attached hydrogens (primary N) is 2. The van der Waals surface area contributed by atoms with Crippen LogP contribution in [-0.2, 0) is 38.4 Å². The third-order valence-corrected chi connectivity index (χ3v) is 17.6. The van der Waals surface area contributed by atoms with Crippen molar-refractivity contribution >= 4 is 53.8 Å². The zero-order chi connectivity index (χ0) is 61.8. The molecule has 9 rings (SSSR count). The molecule has 0 saturated carbocycles. The SMILES string of the molecule is CCN(CC)c1ccc2c(-c3ccccc3C(=O)N3CCN(C(=O)CCCCCCCn4cc(COCCOC(=O)NC(Cc5ccc(N=C(N)N)cc5)P(=O)(Oc5ccccc5)Oc5ccccc5)nn4)CC3)c3ccc(=[N+](CC)CC)cc-3oc2c1.[Cl-]. The summed E-state index contributed by atoms with van der Waals surface area (Å²) in [5.74, 6) is 0.119. The summed E-state index contributed by atoms with van der Waals surface area (Å²) in [6, 6.07) is 44.7. The molecule has 2 aliphatic heterocycles. The van der Waals surface area contributed by atoms with E-state index in [1.54, 1.807) is 89.6 Å². The second-order valence-corrected chi connectivity index (χ2v) is 23.6. The number of aromatic nitrogens is 3. The van der Waals surface area contributed by atoms with Crippen molar-refractivity contribution in [2.75, 3.05) is 70.5 Å². The Labute approximate surface area is 526 Å². The van der Waals surface area contributed by atoms with Gasteiger partial charge in [0.25, 0.3) is 5.91 Å². The summed E-state index contributed by atoms with van der Waals surface area (Å²) in [6.07, 6.45) is 6.06. The van der Waals surface area contributed by atoms with Crippen LogP contribution >= 0.6 is 7.60 Å². The van der Waals surface area contributed by atoms with Gasteiger partial charge in [-0.3, -0.25) is 14.3 Å². The maximum atomic E-state index is 14.9. The second-order valence-electron chi connectivity index (χ2n) is 21.5. The molecule has 5 aromatic carbocycles. The number of fused-ring (bicyclic) bond motifs is 2.